The fraction of sp³-hybridized carbons (Fsp3) is 0.625. The Morgan fingerprint density at radius 1 is 1.64 bits per heavy atom. The van der Waals surface area contributed by atoms with Crippen LogP contribution < -0.4 is 5.73 Å². The molecule has 0 amide bonds. The van der Waals surface area contributed by atoms with E-state index in [1.54, 1.807) is 6.08 Å². The van der Waals surface area contributed by atoms with Crippen LogP contribution in [0.4, 0.5) is 0 Å². The molecule has 0 aromatic rings. The van der Waals surface area contributed by atoms with Crippen LogP contribution >= 0.6 is 0 Å². The molecule has 0 aromatic carbocycles. The molecule has 0 aliphatic carbocycles. The lowest BCUT2D eigenvalue weighted by Gasteiger charge is -2.05. The SMILES string of the molecule is CC(C)C(=N)C(O)=CCCN. The molecule has 0 unspecified atom stereocenters. The zero-order valence-corrected chi connectivity index (χ0v) is 7.09. The van der Waals surface area contributed by atoms with Crippen LogP contribution in [0.3, 0.4) is 0 Å². The van der Waals surface area contributed by atoms with Crippen LogP contribution in [0.15, 0.2) is 11.8 Å². The summed E-state index contributed by atoms with van der Waals surface area (Å²) in [5, 5.41) is 16.6. The van der Waals surface area contributed by atoms with Crippen LogP contribution in [0.2, 0.25) is 0 Å². The molecule has 0 aromatic heterocycles. The summed E-state index contributed by atoms with van der Waals surface area (Å²) in [4.78, 5) is 0. The van der Waals surface area contributed by atoms with E-state index in [2.05, 4.69) is 0 Å². The smallest absolute Gasteiger partial charge is 0.132 e. The number of allylic oxidation sites excluding steroid dienone is 1. The van der Waals surface area contributed by atoms with E-state index in [1.807, 2.05) is 13.8 Å². The number of aliphatic hydroxyl groups is 1. The van der Waals surface area contributed by atoms with E-state index in [9.17, 15) is 5.11 Å². The second-order valence-corrected chi connectivity index (χ2v) is 2.74. The standard InChI is InChI=1S/C8H16N2O/c1-6(2)8(10)7(11)4-3-5-9/h4,6,10-11H,3,5,9H2,1-2H3. The molecule has 0 atom stereocenters. The Kier molecular flexibility index (Phi) is 4.54. The Hall–Kier alpha value is -0.830. The van der Waals surface area contributed by atoms with Crippen molar-refractivity contribution in [2.24, 2.45) is 11.7 Å². The van der Waals surface area contributed by atoms with Crippen molar-refractivity contribution in [1.29, 1.82) is 5.41 Å². The van der Waals surface area contributed by atoms with Gasteiger partial charge in [-0.15, -0.1) is 0 Å². The zero-order valence-electron chi connectivity index (χ0n) is 7.09. The molecule has 0 saturated carbocycles. The van der Waals surface area contributed by atoms with Gasteiger partial charge in [-0.25, -0.2) is 0 Å². The second-order valence-electron chi connectivity index (χ2n) is 2.74. The van der Waals surface area contributed by atoms with E-state index in [1.165, 1.54) is 0 Å². The van der Waals surface area contributed by atoms with Gasteiger partial charge in [0.05, 0.1) is 5.71 Å². The quantitative estimate of drug-likeness (QED) is 0.426. The Bertz CT molecular complexity index is 161. The summed E-state index contributed by atoms with van der Waals surface area (Å²) in [6.07, 6.45) is 2.21. The lowest BCUT2D eigenvalue weighted by atomic mass is 10.1. The van der Waals surface area contributed by atoms with Crippen molar-refractivity contribution in [3.63, 3.8) is 0 Å². The Balaban J connectivity index is 4.01. The van der Waals surface area contributed by atoms with Crippen molar-refractivity contribution >= 4 is 5.71 Å². The van der Waals surface area contributed by atoms with Gasteiger partial charge in [-0.1, -0.05) is 13.8 Å². The van der Waals surface area contributed by atoms with E-state index in [0.29, 0.717) is 13.0 Å². The van der Waals surface area contributed by atoms with Gasteiger partial charge in [0.15, 0.2) is 0 Å². The Labute approximate surface area is 67.4 Å². The van der Waals surface area contributed by atoms with Crippen LogP contribution in [0, 0.1) is 11.3 Å². The molecule has 0 radical (unpaired) electrons. The summed E-state index contributed by atoms with van der Waals surface area (Å²) >= 11 is 0. The summed E-state index contributed by atoms with van der Waals surface area (Å²) < 4.78 is 0. The summed E-state index contributed by atoms with van der Waals surface area (Å²) in [5.41, 5.74) is 5.50. The molecule has 0 spiro atoms. The van der Waals surface area contributed by atoms with Gasteiger partial charge < -0.3 is 16.2 Å². The molecule has 64 valence electrons. The van der Waals surface area contributed by atoms with Gasteiger partial charge >= 0.3 is 0 Å². The Morgan fingerprint density at radius 3 is 2.55 bits per heavy atom. The molecule has 0 aliphatic rings. The molecule has 0 rings (SSSR count). The summed E-state index contributed by atoms with van der Waals surface area (Å²) in [7, 11) is 0. The van der Waals surface area contributed by atoms with Crippen molar-refractivity contribution in [1.82, 2.24) is 0 Å². The average molecular weight is 156 g/mol. The number of nitrogens with one attached hydrogen (secondary N) is 1. The number of aliphatic hydroxyl groups excluding tert-OH is 1. The molecule has 3 heteroatoms. The van der Waals surface area contributed by atoms with Gasteiger partial charge in [0.25, 0.3) is 0 Å². The number of hydrogen-bond acceptors (Lipinski definition) is 3. The third-order valence-corrected chi connectivity index (χ3v) is 1.36. The number of rotatable bonds is 4. The van der Waals surface area contributed by atoms with Crippen molar-refractivity contribution in [2.45, 2.75) is 20.3 Å². The van der Waals surface area contributed by atoms with Crippen molar-refractivity contribution in [3.05, 3.63) is 11.8 Å². The molecular weight excluding hydrogens is 140 g/mol. The molecule has 0 aliphatic heterocycles. The van der Waals surface area contributed by atoms with Crippen LogP contribution in [0.25, 0.3) is 0 Å². The first-order valence-corrected chi connectivity index (χ1v) is 3.77. The topological polar surface area (TPSA) is 70.1 Å². The fourth-order valence-corrected chi connectivity index (χ4v) is 0.626. The van der Waals surface area contributed by atoms with Gasteiger partial charge in [-0.3, -0.25) is 0 Å². The second kappa shape index (κ2) is 4.91. The predicted molar refractivity (Wildman–Crippen MR) is 46.9 cm³/mol. The molecular formula is C8H16N2O. The van der Waals surface area contributed by atoms with Gasteiger partial charge in [0, 0.05) is 0 Å². The minimum Gasteiger partial charge on any atom is -0.506 e. The number of hydrogen-bond donors (Lipinski definition) is 3. The lowest BCUT2D eigenvalue weighted by molar-refractivity contribution is 0.434. The lowest BCUT2D eigenvalue weighted by Crippen LogP contribution is -2.09. The van der Waals surface area contributed by atoms with Gasteiger partial charge in [0.2, 0.25) is 0 Å². The summed E-state index contributed by atoms with van der Waals surface area (Å²) in [6.45, 7) is 4.25. The van der Waals surface area contributed by atoms with Gasteiger partial charge in [-0.05, 0) is 25.0 Å². The maximum Gasteiger partial charge on any atom is 0.132 e. The maximum absolute atomic E-state index is 9.20. The van der Waals surface area contributed by atoms with Crippen LogP contribution in [0.1, 0.15) is 20.3 Å². The van der Waals surface area contributed by atoms with Crippen molar-refractivity contribution < 1.29 is 5.11 Å². The van der Waals surface area contributed by atoms with E-state index in [0.717, 1.165) is 0 Å². The highest BCUT2D eigenvalue weighted by Gasteiger charge is 2.05. The highest BCUT2D eigenvalue weighted by Crippen LogP contribution is 2.03. The minimum absolute atomic E-state index is 0.0606. The van der Waals surface area contributed by atoms with Crippen molar-refractivity contribution in [3.8, 4) is 0 Å². The molecule has 11 heavy (non-hydrogen) atoms. The van der Waals surface area contributed by atoms with Crippen LogP contribution in [0.5, 0.6) is 0 Å². The minimum atomic E-state index is 0.0606. The average Bonchev–Trinajstić information content (AvgIpc) is 1.98. The van der Waals surface area contributed by atoms with Crippen molar-refractivity contribution in [2.75, 3.05) is 6.54 Å². The molecule has 0 bridgehead atoms. The summed E-state index contributed by atoms with van der Waals surface area (Å²) in [6, 6.07) is 0. The highest BCUT2D eigenvalue weighted by molar-refractivity contribution is 5.96. The van der Waals surface area contributed by atoms with E-state index in [-0.39, 0.29) is 17.4 Å². The Morgan fingerprint density at radius 2 is 2.18 bits per heavy atom. The highest BCUT2D eigenvalue weighted by atomic mass is 16.3. The largest absolute Gasteiger partial charge is 0.506 e. The monoisotopic (exact) mass is 156 g/mol. The van der Waals surface area contributed by atoms with E-state index < -0.39 is 0 Å². The summed E-state index contributed by atoms with van der Waals surface area (Å²) in [5.74, 6) is 0.134. The van der Waals surface area contributed by atoms with E-state index >= 15 is 0 Å². The van der Waals surface area contributed by atoms with Gasteiger partial charge in [-0.2, -0.15) is 0 Å². The molecule has 3 nitrogen and oxygen atoms in total. The molecule has 0 heterocycles. The van der Waals surface area contributed by atoms with E-state index in [4.69, 9.17) is 11.1 Å². The first-order chi connectivity index (χ1) is 5.09. The predicted octanol–water partition coefficient (Wildman–Crippen LogP) is 1.45. The number of nitrogens with two attached hydrogens (primary N) is 1. The van der Waals surface area contributed by atoms with Crippen LogP contribution in [-0.4, -0.2) is 17.4 Å². The zero-order chi connectivity index (χ0) is 8.85. The van der Waals surface area contributed by atoms with Gasteiger partial charge in [0.1, 0.15) is 5.76 Å². The molecule has 0 saturated heterocycles. The first-order valence-electron chi connectivity index (χ1n) is 3.77. The molecule has 4 N–H and O–H groups in total. The third kappa shape index (κ3) is 3.78. The maximum atomic E-state index is 9.20. The normalized spacial score (nSPS) is 12.2. The fourth-order valence-electron chi connectivity index (χ4n) is 0.626. The molecule has 0 fully saturated rings. The van der Waals surface area contributed by atoms with Crippen LogP contribution in [-0.2, 0) is 0 Å². The first kappa shape index (κ1) is 10.2. The third-order valence-electron chi connectivity index (χ3n) is 1.36.